The van der Waals surface area contributed by atoms with Crippen LogP contribution in [-0.2, 0) is 4.79 Å². The molecule has 0 spiro atoms. The lowest BCUT2D eigenvalue weighted by molar-refractivity contribution is -0.138. The number of rotatable bonds is 4. The molecular weight excluding hydrogens is 150 g/mol. The minimum atomic E-state index is -1.14. The lowest BCUT2D eigenvalue weighted by Gasteiger charge is -2.08. The van der Waals surface area contributed by atoms with Crippen LogP contribution in [-0.4, -0.2) is 23.1 Å². The van der Waals surface area contributed by atoms with Crippen molar-refractivity contribution in [2.75, 3.05) is 0 Å². The smallest absolute Gasteiger partial charge is 0.326 e. The summed E-state index contributed by atoms with van der Waals surface area (Å²) in [6, 6.07) is -1.87. The number of aliphatic carboxylic acids is 1. The van der Waals surface area contributed by atoms with E-state index in [4.69, 9.17) is 5.11 Å². The molecule has 0 aromatic heterocycles. The molecule has 0 heterocycles. The third-order valence-corrected chi connectivity index (χ3v) is 0.853. The predicted molar refractivity (Wildman–Crippen MR) is 37.5 cm³/mol. The fraction of sp³-hybridized carbons (Fsp3) is 0.200. The van der Waals surface area contributed by atoms with Crippen LogP contribution in [0.3, 0.4) is 0 Å². The van der Waals surface area contributed by atoms with Gasteiger partial charge in [-0.2, -0.15) is 0 Å². The molecule has 1 unspecified atom stereocenters. The molecule has 2 amide bonds. The van der Waals surface area contributed by atoms with Crippen LogP contribution in [0.2, 0.25) is 0 Å². The second kappa shape index (κ2) is 4.29. The van der Waals surface area contributed by atoms with Crippen molar-refractivity contribution in [1.82, 2.24) is 10.9 Å². The van der Waals surface area contributed by atoms with E-state index in [2.05, 4.69) is 17.7 Å². The highest BCUT2D eigenvalue weighted by atomic mass is 16.4. The molecule has 5 N–H and O–H groups in total. The maximum atomic E-state index is 10.2. The average Bonchev–Trinajstić information content (AvgIpc) is 1.87. The molecule has 0 saturated carbocycles. The SMILES string of the molecule is C=CC(NNC(N)=O)C(=O)O. The van der Waals surface area contributed by atoms with Crippen molar-refractivity contribution in [3.8, 4) is 0 Å². The molecular formula is C5H9N3O3. The number of carbonyl (C=O) groups is 2. The van der Waals surface area contributed by atoms with E-state index < -0.39 is 18.0 Å². The van der Waals surface area contributed by atoms with Crippen LogP contribution in [0.5, 0.6) is 0 Å². The fourth-order valence-corrected chi connectivity index (χ4v) is 0.370. The fourth-order valence-electron chi connectivity index (χ4n) is 0.370. The number of primary amides is 1. The Morgan fingerprint density at radius 2 is 2.18 bits per heavy atom. The lowest BCUT2D eigenvalue weighted by atomic mass is 10.3. The Balaban J connectivity index is 3.79. The molecule has 0 fully saturated rings. The number of nitrogens with one attached hydrogen (secondary N) is 2. The molecule has 11 heavy (non-hydrogen) atoms. The second-order valence-corrected chi connectivity index (χ2v) is 1.69. The van der Waals surface area contributed by atoms with Crippen LogP contribution < -0.4 is 16.6 Å². The molecule has 6 heteroatoms. The molecule has 0 aliphatic heterocycles. The summed E-state index contributed by atoms with van der Waals surface area (Å²) in [6.07, 6.45) is 1.12. The summed E-state index contributed by atoms with van der Waals surface area (Å²) in [5.41, 5.74) is 8.70. The highest BCUT2D eigenvalue weighted by molar-refractivity contribution is 5.77. The molecule has 0 rings (SSSR count). The monoisotopic (exact) mass is 159 g/mol. The Kier molecular flexibility index (Phi) is 3.68. The highest BCUT2D eigenvalue weighted by Gasteiger charge is 2.11. The minimum absolute atomic E-state index is 0.849. The molecule has 0 aliphatic rings. The van der Waals surface area contributed by atoms with Crippen molar-refractivity contribution >= 4 is 12.0 Å². The van der Waals surface area contributed by atoms with Gasteiger partial charge in [0, 0.05) is 0 Å². The molecule has 1 atom stereocenters. The molecule has 0 aromatic carbocycles. The summed E-state index contributed by atoms with van der Waals surface area (Å²) in [7, 11) is 0. The topological polar surface area (TPSA) is 104 Å². The third kappa shape index (κ3) is 3.93. The van der Waals surface area contributed by atoms with Gasteiger partial charge in [0.15, 0.2) is 0 Å². The first-order valence-corrected chi connectivity index (χ1v) is 2.74. The van der Waals surface area contributed by atoms with Gasteiger partial charge in [-0.05, 0) is 0 Å². The molecule has 6 nitrogen and oxygen atoms in total. The molecule has 0 aromatic rings. The Bertz CT molecular complexity index is 180. The zero-order valence-electron chi connectivity index (χ0n) is 5.70. The number of urea groups is 1. The summed E-state index contributed by atoms with van der Waals surface area (Å²) < 4.78 is 0. The van der Waals surface area contributed by atoms with Crippen LogP contribution in [0.15, 0.2) is 12.7 Å². The van der Waals surface area contributed by atoms with Gasteiger partial charge in [-0.1, -0.05) is 6.08 Å². The Labute approximate surface area is 63.0 Å². The number of carbonyl (C=O) groups excluding carboxylic acids is 1. The molecule has 0 radical (unpaired) electrons. The standard InChI is InChI=1S/C5H9N3O3/c1-2-3(4(9)10)7-8-5(6)11/h2-3,7H,1H2,(H,9,10)(H3,6,8,11). The lowest BCUT2D eigenvalue weighted by Crippen LogP contribution is -2.49. The zero-order chi connectivity index (χ0) is 8.85. The zero-order valence-corrected chi connectivity index (χ0v) is 5.70. The van der Waals surface area contributed by atoms with Gasteiger partial charge >= 0.3 is 12.0 Å². The summed E-state index contributed by atoms with van der Waals surface area (Å²) in [4.78, 5) is 20.3. The van der Waals surface area contributed by atoms with Crippen molar-refractivity contribution in [1.29, 1.82) is 0 Å². The summed E-state index contributed by atoms with van der Waals surface area (Å²) in [5.74, 6) is -1.14. The first kappa shape index (κ1) is 9.44. The van der Waals surface area contributed by atoms with Gasteiger partial charge in [0.1, 0.15) is 6.04 Å². The number of nitrogens with two attached hydrogens (primary N) is 1. The normalized spacial score (nSPS) is 11.6. The molecule has 0 saturated heterocycles. The van der Waals surface area contributed by atoms with Gasteiger partial charge < -0.3 is 10.8 Å². The number of hydrogen-bond donors (Lipinski definition) is 4. The van der Waals surface area contributed by atoms with E-state index in [1.165, 1.54) is 0 Å². The first-order valence-electron chi connectivity index (χ1n) is 2.74. The maximum absolute atomic E-state index is 10.2. The van der Waals surface area contributed by atoms with Crippen molar-refractivity contribution in [2.45, 2.75) is 6.04 Å². The number of carboxylic acid groups (broad SMARTS) is 1. The van der Waals surface area contributed by atoms with Crippen molar-refractivity contribution in [2.24, 2.45) is 5.73 Å². The van der Waals surface area contributed by atoms with Gasteiger partial charge in [-0.25, -0.2) is 10.2 Å². The van der Waals surface area contributed by atoms with Crippen LogP contribution in [0.25, 0.3) is 0 Å². The van der Waals surface area contributed by atoms with E-state index in [1.807, 2.05) is 5.43 Å². The number of hydrazine groups is 1. The van der Waals surface area contributed by atoms with E-state index in [1.54, 1.807) is 0 Å². The Morgan fingerprint density at radius 1 is 1.64 bits per heavy atom. The second-order valence-electron chi connectivity index (χ2n) is 1.69. The summed E-state index contributed by atoms with van der Waals surface area (Å²) >= 11 is 0. The predicted octanol–water partition coefficient (Wildman–Crippen LogP) is -1.20. The summed E-state index contributed by atoms with van der Waals surface area (Å²) in [5, 5.41) is 8.36. The largest absolute Gasteiger partial charge is 0.480 e. The van der Waals surface area contributed by atoms with Gasteiger partial charge in [0.25, 0.3) is 0 Å². The van der Waals surface area contributed by atoms with Gasteiger partial charge in [-0.15, -0.1) is 6.58 Å². The van der Waals surface area contributed by atoms with E-state index in [0.717, 1.165) is 6.08 Å². The number of amides is 2. The van der Waals surface area contributed by atoms with Gasteiger partial charge in [0.2, 0.25) is 0 Å². The quantitative estimate of drug-likeness (QED) is 0.305. The van der Waals surface area contributed by atoms with Crippen molar-refractivity contribution in [3.63, 3.8) is 0 Å². The van der Waals surface area contributed by atoms with Crippen molar-refractivity contribution < 1.29 is 14.7 Å². The van der Waals surface area contributed by atoms with Crippen LogP contribution in [0.1, 0.15) is 0 Å². The average molecular weight is 159 g/mol. The van der Waals surface area contributed by atoms with Gasteiger partial charge in [0.05, 0.1) is 0 Å². The Hall–Kier alpha value is -1.56. The highest BCUT2D eigenvalue weighted by Crippen LogP contribution is 1.80. The third-order valence-electron chi connectivity index (χ3n) is 0.853. The molecule has 0 aliphatic carbocycles. The van der Waals surface area contributed by atoms with Crippen LogP contribution in [0, 0.1) is 0 Å². The minimum Gasteiger partial charge on any atom is -0.480 e. The van der Waals surface area contributed by atoms with Crippen molar-refractivity contribution in [3.05, 3.63) is 12.7 Å². The van der Waals surface area contributed by atoms with E-state index in [-0.39, 0.29) is 0 Å². The van der Waals surface area contributed by atoms with E-state index >= 15 is 0 Å². The number of hydrogen-bond acceptors (Lipinski definition) is 3. The van der Waals surface area contributed by atoms with E-state index in [9.17, 15) is 9.59 Å². The molecule has 0 bridgehead atoms. The maximum Gasteiger partial charge on any atom is 0.326 e. The number of carboxylic acids is 1. The molecule has 62 valence electrons. The van der Waals surface area contributed by atoms with Crippen LogP contribution in [0.4, 0.5) is 4.79 Å². The van der Waals surface area contributed by atoms with Gasteiger partial charge in [-0.3, -0.25) is 10.2 Å². The first-order chi connectivity index (χ1) is 5.07. The van der Waals surface area contributed by atoms with E-state index in [0.29, 0.717) is 0 Å². The summed E-state index contributed by atoms with van der Waals surface area (Å²) in [6.45, 7) is 3.22. The Morgan fingerprint density at radius 3 is 2.45 bits per heavy atom. The van der Waals surface area contributed by atoms with Crippen LogP contribution >= 0.6 is 0 Å².